The highest BCUT2D eigenvalue weighted by molar-refractivity contribution is 7.99. The first kappa shape index (κ1) is 11.3. The van der Waals surface area contributed by atoms with Crippen molar-refractivity contribution in [2.45, 2.75) is 19.3 Å². The van der Waals surface area contributed by atoms with Crippen molar-refractivity contribution in [3.63, 3.8) is 0 Å². The normalized spacial score (nSPS) is 26.1. The highest BCUT2D eigenvalue weighted by Crippen LogP contribution is 2.31. The molecular formula is C11H19NO2S. The van der Waals surface area contributed by atoms with Crippen molar-refractivity contribution in [3.8, 4) is 0 Å². The van der Waals surface area contributed by atoms with Crippen molar-refractivity contribution >= 4 is 17.7 Å². The van der Waals surface area contributed by atoms with Gasteiger partial charge in [-0.25, -0.2) is 0 Å². The Hall–Kier alpha value is -0.220. The Labute approximate surface area is 95.2 Å². The van der Waals surface area contributed by atoms with E-state index >= 15 is 0 Å². The van der Waals surface area contributed by atoms with Crippen molar-refractivity contribution in [3.05, 3.63) is 0 Å². The summed E-state index contributed by atoms with van der Waals surface area (Å²) < 4.78 is 0. The molecule has 0 amide bonds. The fourth-order valence-electron chi connectivity index (χ4n) is 2.15. The van der Waals surface area contributed by atoms with Crippen LogP contribution in [-0.4, -0.2) is 47.1 Å². The molecule has 0 aromatic carbocycles. The van der Waals surface area contributed by atoms with Gasteiger partial charge in [-0.2, -0.15) is 11.8 Å². The van der Waals surface area contributed by atoms with E-state index in [1.165, 1.54) is 30.8 Å². The molecule has 1 atom stereocenters. The lowest BCUT2D eigenvalue weighted by Gasteiger charge is -2.23. The monoisotopic (exact) mass is 229 g/mol. The summed E-state index contributed by atoms with van der Waals surface area (Å²) in [5.74, 6) is 3.32. The highest BCUT2D eigenvalue weighted by Gasteiger charge is 2.27. The molecule has 1 N–H and O–H groups in total. The summed E-state index contributed by atoms with van der Waals surface area (Å²) in [6, 6.07) is 0. The fourth-order valence-corrected chi connectivity index (χ4v) is 3.43. The van der Waals surface area contributed by atoms with Crippen LogP contribution in [0.15, 0.2) is 0 Å². The summed E-state index contributed by atoms with van der Waals surface area (Å²) in [5.41, 5.74) is 0. The van der Waals surface area contributed by atoms with Gasteiger partial charge in [-0.05, 0) is 42.6 Å². The van der Waals surface area contributed by atoms with Crippen LogP contribution >= 0.6 is 11.8 Å². The molecule has 0 aromatic heterocycles. The first-order valence-corrected chi connectivity index (χ1v) is 6.91. The second-order valence-corrected chi connectivity index (χ2v) is 5.91. The predicted octanol–water partition coefficient (Wildman–Crippen LogP) is 1.54. The Bertz CT molecular complexity index is 225. The number of rotatable bonds is 6. The van der Waals surface area contributed by atoms with Gasteiger partial charge in [-0.15, -0.1) is 0 Å². The van der Waals surface area contributed by atoms with E-state index in [0.717, 1.165) is 24.9 Å². The van der Waals surface area contributed by atoms with Crippen molar-refractivity contribution < 1.29 is 9.90 Å². The molecule has 1 heterocycles. The molecule has 0 bridgehead atoms. The van der Waals surface area contributed by atoms with Gasteiger partial charge in [0.2, 0.25) is 0 Å². The second-order valence-electron chi connectivity index (χ2n) is 4.76. The molecule has 1 saturated carbocycles. The minimum absolute atomic E-state index is 0.234. The van der Waals surface area contributed by atoms with E-state index in [2.05, 4.69) is 4.90 Å². The zero-order valence-electron chi connectivity index (χ0n) is 9.02. The number of nitrogens with zero attached hydrogens (tertiary/aromatic N) is 1. The van der Waals surface area contributed by atoms with Gasteiger partial charge >= 0.3 is 5.97 Å². The van der Waals surface area contributed by atoms with Crippen LogP contribution in [0.5, 0.6) is 0 Å². The lowest BCUT2D eigenvalue weighted by molar-refractivity contribution is -0.138. The van der Waals surface area contributed by atoms with Crippen LogP contribution in [-0.2, 0) is 4.79 Å². The largest absolute Gasteiger partial charge is 0.480 e. The summed E-state index contributed by atoms with van der Waals surface area (Å²) in [4.78, 5) is 12.9. The third kappa shape index (κ3) is 4.03. The molecule has 86 valence electrons. The molecule has 2 fully saturated rings. The van der Waals surface area contributed by atoms with E-state index in [0.29, 0.717) is 0 Å². The Kier molecular flexibility index (Phi) is 3.92. The minimum Gasteiger partial charge on any atom is -0.480 e. The topological polar surface area (TPSA) is 40.5 Å². The zero-order valence-corrected chi connectivity index (χ0v) is 9.84. The fraction of sp³-hybridized carbons (Fsp3) is 0.909. The smallest absolute Gasteiger partial charge is 0.317 e. The van der Waals surface area contributed by atoms with Gasteiger partial charge in [-0.3, -0.25) is 9.69 Å². The molecule has 3 nitrogen and oxygen atoms in total. The van der Waals surface area contributed by atoms with E-state index < -0.39 is 5.97 Å². The molecule has 2 aliphatic rings. The first-order valence-electron chi connectivity index (χ1n) is 5.76. The molecule has 1 aliphatic heterocycles. The minimum atomic E-state index is -0.679. The molecule has 1 saturated heterocycles. The van der Waals surface area contributed by atoms with Crippen LogP contribution in [0.25, 0.3) is 0 Å². The number of aliphatic carboxylic acids is 1. The van der Waals surface area contributed by atoms with Crippen LogP contribution in [0, 0.1) is 11.8 Å². The Morgan fingerprint density at radius 2 is 2.00 bits per heavy atom. The number of hydrogen-bond acceptors (Lipinski definition) is 3. The SMILES string of the molecule is O=C(O)CN(CC1CC1)CC1CCSC1. The van der Waals surface area contributed by atoms with Gasteiger partial charge in [0.25, 0.3) is 0 Å². The number of carboxylic acid groups (broad SMARTS) is 1. The molecule has 15 heavy (non-hydrogen) atoms. The van der Waals surface area contributed by atoms with Crippen LogP contribution in [0.1, 0.15) is 19.3 Å². The number of carboxylic acids is 1. The standard InChI is InChI=1S/C11H19NO2S/c13-11(14)7-12(5-9-1-2-9)6-10-3-4-15-8-10/h9-10H,1-8H2,(H,13,14). The Morgan fingerprint density at radius 3 is 2.53 bits per heavy atom. The van der Waals surface area contributed by atoms with Gasteiger partial charge in [0, 0.05) is 13.1 Å². The summed E-state index contributed by atoms with van der Waals surface area (Å²) in [7, 11) is 0. The second kappa shape index (κ2) is 5.21. The Morgan fingerprint density at radius 1 is 1.27 bits per heavy atom. The molecule has 0 aromatic rings. The lowest BCUT2D eigenvalue weighted by atomic mass is 10.1. The number of hydrogen-bond donors (Lipinski definition) is 1. The molecule has 2 rings (SSSR count). The van der Waals surface area contributed by atoms with Gasteiger partial charge in [0.15, 0.2) is 0 Å². The van der Waals surface area contributed by atoms with Gasteiger partial charge < -0.3 is 5.11 Å². The molecular weight excluding hydrogens is 210 g/mol. The zero-order chi connectivity index (χ0) is 10.7. The molecule has 0 spiro atoms. The quantitative estimate of drug-likeness (QED) is 0.750. The predicted molar refractivity (Wildman–Crippen MR) is 62.2 cm³/mol. The summed E-state index contributed by atoms with van der Waals surface area (Å²) in [5, 5.41) is 8.84. The van der Waals surface area contributed by atoms with Gasteiger partial charge in [0.05, 0.1) is 6.54 Å². The van der Waals surface area contributed by atoms with Crippen molar-refractivity contribution in [2.24, 2.45) is 11.8 Å². The summed E-state index contributed by atoms with van der Waals surface area (Å²) in [6.45, 7) is 2.24. The van der Waals surface area contributed by atoms with Gasteiger partial charge in [0.1, 0.15) is 0 Å². The van der Waals surface area contributed by atoms with E-state index in [9.17, 15) is 4.79 Å². The summed E-state index contributed by atoms with van der Waals surface area (Å²) >= 11 is 2.00. The first-order chi connectivity index (χ1) is 7.24. The van der Waals surface area contributed by atoms with E-state index in [4.69, 9.17) is 5.11 Å². The maximum Gasteiger partial charge on any atom is 0.317 e. The molecule has 1 unspecified atom stereocenters. The van der Waals surface area contributed by atoms with Crippen LogP contribution in [0.2, 0.25) is 0 Å². The van der Waals surface area contributed by atoms with E-state index in [1.54, 1.807) is 0 Å². The number of carbonyl (C=O) groups is 1. The third-order valence-corrected chi connectivity index (χ3v) is 4.34. The van der Waals surface area contributed by atoms with Crippen LogP contribution in [0.4, 0.5) is 0 Å². The van der Waals surface area contributed by atoms with E-state index in [1.807, 2.05) is 11.8 Å². The average molecular weight is 229 g/mol. The lowest BCUT2D eigenvalue weighted by Crippen LogP contribution is -2.35. The van der Waals surface area contributed by atoms with Crippen molar-refractivity contribution in [1.29, 1.82) is 0 Å². The third-order valence-electron chi connectivity index (χ3n) is 3.11. The van der Waals surface area contributed by atoms with Gasteiger partial charge in [-0.1, -0.05) is 0 Å². The van der Waals surface area contributed by atoms with E-state index in [-0.39, 0.29) is 6.54 Å². The highest BCUT2D eigenvalue weighted by atomic mass is 32.2. The van der Waals surface area contributed by atoms with Crippen molar-refractivity contribution in [1.82, 2.24) is 4.90 Å². The molecule has 0 radical (unpaired) electrons. The van der Waals surface area contributed by atoms with Crippen LogP contribution < -0.4 is 0 Å². The maximum absolute atomic E-state index is 10.7. The summed E-state index contributed by atoms with van der Waals surface area (Å²) in [6.07, 6.45) is 3.87. The molecule has 1 aliphatic carbocycles. The Balaban J connectivity index is 1.76. The average Bonchev–Trinajstić information content (AvgIpc) is 2.80. The molecule has 4 heteroatoms. The number of thioether (sulfide) groups is 1. The maximum atomic E-state index is 10.7. The van der Waals surface area contributed by atoms with Crippen molar-refractivity contribution in [2.75, 3.05) is 31.1 Å². The van der Waals surface area contributed by atoms with Crippen LogP contribution in [0.3, 0.4) is 0 Å².